The van der Waals surface area contributed by atoms with E-state index in [-0.39, 0.29) is 15.4 Å². The molecule has 0 aliphatic carbocycles. The van der Waals surface area contributed by atoms with Gasteiger partial charge < -0.3 is 5.73 Å². The Bertz CT molecular complexity index is 750. The summed E-state index contributed by atoms with van der Waals surface area (Å²) in [7, 11) is -3.69. The second-order valence-corrected chi connectivity index (χ2v) is 5.97. The first-order chi connectivity index (χ1) is 9.61. The van der Waals surface area contributed by atoms with Gasteiger partial charge in [-0.3, -0.25) is 4.79 Å². The molecule has 4 nitrogen and oxygen atoms in total. The van der Waals surface area contributed by atoms with E-state index in [9.17, 15) is 13.2 Å². The van der Waals surface area contributed by atoms with Gasteiger partial charge in [-0.25, -0.2) is 8.42 Å². The van der Waals surface area contributed by atoms with Crippen molar-refractivity contribution in [2.45, 2.75) is 9.79 Å². The van der Waals surface area contributed by atoms with Crippen LogP contribution >= 0.6 is 0 Å². The molecule has 0 fully saturated rings. The van der Waals surface area contributed by atoms with Gasteiger partial charge in [-0.15, -0.1) is 0 Å². The third-order valence-electron chi connectivity index (χ3n) is 2.85. The monoisotopic (exact) mass is 287 g/mol. The predicted octanol–water partition coefficient (Wildman–Crippen LogP) is 2.02. The summed E-state index contributed by atoms with van der Waals surface area (Å²) in [5.74, 6) is 0. The van der Waals surface area contributed by atoms with Gasteiger partial charge in [-0.2, -0.15) is 0 Å². The SMILES string of the molecule is N/C=C(/C=O)c1ccccc1S(=O)(=O)c1ccccc1. The molecule has 102 valence electrons. The van der Waals surface area contributed by atoms with Crippen LogP contribution in [0.4, 0.5) is 0 Å². The van der Waals surface area contributed by atoms with Crippen molar-refractivity contribution >= 4 is 21.7 Å². The van der Waals surface area contributed by atoms with Crippen LogP contribution in [0.1, 0.15) is 5.56 Å². The van der Waals surface area contributed by atoms with Crippen molar-refractivity contribution in [2.24, 2.45) is 5.73 Å². The summed E-state index contributed by atoms with van der Waals surface area (Å²) in [6.45, 7) is 0. The van der Waals surface area contributed by atoms with E-state index in [1.54, 1.807) is 36.4 Å². The Morgan fingerprint density at radius 2 is 1.55 bits per heavy atom. The third-order valence-corrected chi connectivity index (χ3v) is 4.68. The average molecular weight is 287 g/mol. The molecule has 0 aliphatic heterocycles. The van der Waals surface area contributed by atoms with Crippen molar-refractivity contribution in [1.82, 2.24) is 0 Å². The minimum absolute atomic E-state index is 0.0648. The fourth-order valence-corrected chi connectivity index (χ4v) is 3.36. The summed E-state index contributed by atoms with van der Waals surface area (Å²) in [5, 5.41) is 0. The summed E-state index contributed by atoms with van der Waals surface area (Å²) in [6, 6.07) is 14.3. The first kappa shape index (κ1) is 14.0. The van der Waals surface area contributed by atoms with Gasteiger partial charge in [0.2, 0.25) is 9.84 Å². The average Bonchev–Trinajstić information content (AvgIpc) is 2.50. The highest BCUT2D eigenvalue weighted by atomic mass is 32.2. The van der Waals surface area contributed by atoms with Gasteiger partial charge in [0.05, 0.1) is 9.79 Å². The molecule has 20 heavy (non-hydrogen) atoms. The molecule has 0 aromatic heterocycles. The zero-order valence-corrected chi connectivity index (χ0v) is 11.4. The van der Waals surface area contributed by atoms with Crippen molar-refractivity contribution in [3.05, 3.63) is 66.4 Å². The van der Waals surface area contributed by atoms with Crippen LogP contribution in [0.2, 0.25) is 0 Å². The first-order valence-corrected chi connectivity index (χ1v) is 7.36. The Balaban J connectivity index is 2.68. The van der Waals surface area contributed by atoms with Gasteiger partial charge in [0.1, 0.15) is 0 Å². The van der Waals surface area contributed by atoms with Crippen LogP contribution in [-0.4, -0.2) is 14.7 Å². The number of carbonyl (C=O) groups excluding carboxylic acids is 1. The maximum absolute atomic E-state index is 12.6. The van der Waals surface area contributed by atoms with Crippen LogP contribution in [-0.2, 0) is 14.6 Å². The molecule has 0 saturated heterocycles. The molecule has 0 saturated carbocycles. The lowest BCUT2D eigenvalue weighted by molar-refractivity contribution is -0.103. The molecule has 2 aromatic carbocycles. The van der Waals surface area contributed by atoms with E-state index in [1.165, 1.54) is 18.2 Å². The van der Waals surface area contributed by atoms with Crippen molar-refractivity contribution in [1.29, 1.82) is 0 Å². The molecule has 5 heteroatoms. The van der Waals surface area contributed by atoms with Crippen LogP contribution in [0, 0.1) is 0 Å². The highest BCUT2D eigenvalue weighted by Crippen LogP contribution is 2.27. The number of sulfone groups is 1. The van der Waals surface area contributed by atoms with E-state index >= 15 is 0 Å². The summed E-state index contributed by atoms with van der Waals surface area (Å²) >= 11 is 0. The maximum atomic E-state index is 12.6. The second-order valence-electron chi connectivity index (χ2n) is 4.05. The van der Waals surface area contributed by atoms with Gasteiger partial charge in [0.25, 0.3) is 0 Å². The molecular formula is C15H13NO3S. The van der Waals surface area contributed by atoms with Crippen molar-refractivity contribution in [2.75, 3.05) is 0 Å². The summed E-state index contributed by atoms with van der Waals surface area (Å²) in [6.07, 6.45) is 1.64. The lowest BCUT2D eigenvalue weighted by Crippen LogP contribution is -2.06. The third kappa shape index (κ3) is 2.48. The van der Waals surface area contributed by atoms with E-state index in [0.29, 0.717) is 11.8 Å². The van der Waals surface area contributed by atoms with Crippen LogP contribution in [0.15, 0.2) is 70.6 Å². The molecule has 2 N–H and O–H groups in total. The molecular weight excluding hydrogens is 274 g/mol. The van der Waals surface area contributed by atoms with Gasteiger partial charge in [0, 0.05) is 17.3 Å². The van der Waals surface area contributed by atoms with Crippen LogP contribution in [0.5, 0.6) is 0 Å². The molecule has 2 rings (SSSR count). The molecule has 0 bridgehead atoms. The number of carbonyl (C=O) groups is 1. The molecule has 0 atom stereocenters. The van der Waals surface area contributed by atoms with Gasteiger partial charge in [0.15, 0.2) is 6.29 Å². The minimum atomic E-state index is -3.69. The number of rotatable bonds is 4. The molecule has 0 unspecified atom stereocenters. The normalized spacial score (nSPS) is 12.1. The zero-order valence-electron chi connectivity index (χ0n) is 10.6. The van der Waals surface area contributed by atoms with Crippen molar-refractivity contribution < 1.29 is 13.2 Å². The Morgan fingerprint density at radius 3 is 2.15 bits per heavy atom. The largest absolute Gasteiger partial charge is 0.404 e. The van der Waals surface area contributed by atoms with E-state index in [2.05, 4.69) is 0 Å². The number of nitrogens with two attached hydrogens (primary N) is 1. The fourth-order valence-electron chi connectivity index (χ4n) is 1.86. The molecule has 0 radical (unpaired) electrons. The number of allylic oxidation sites excluding steroid dienone is 1. The Morgan fingerprint density at radius 1 is 0.950 bits per heavy atom. The van der Waals surface area contributed by atoms with E-state index in [1.807, 2.05) is 0 Å². The van der Waals surface area contributed by atoms with Crippen LogP contribution < -0.4 is 5.73 Å². The van der Waals surface area contributed by atoms with E-state index in [0.717, 1.165) is 6.20 Å². The predicted molar refractivity (Wildman–Crippen MR) is 76.6 cm³/mol. The van der Waals surface area contributed by atoms with Gasteiger partial charge in [-0.1, -0.05) is 36.4 Å². The lowest BCUT2D eigenvalue weighted by Gasteiger charge is -2.10. The number of aldehydes is 1. The van der Waals surface area contributed by atoms with Crippen LogP contribution in [0.3, 0.4) is 0 Å². The number of benzene rings is 2. The quantitative estimate of drug-likeness (QED) is 0.689. The lowest BCUT2D eigenvalue weighted by atomic mass is 10.1. The highest BCUT2D eigenvalue weighted by Gasteiger charge is 2.21. The standard InChI is InChI=1S/C15H13NO3S/c16-10-12(11-17)14-8-4-5-9-15(14)20(18,19)13-6-2-1-3-7-13/h1-11H,16H2/b12-10-. The molecule has 0 aliphatic rings. The first-order valence-electron chi connectivity index (χ1n) is 5.88. The Hall–Kier alpha value is -2.40. The Kier molecular flexibility index (Phi) is 4.00. The van der Waals surface area contributed by atoms with Gasteiger partial charge >= 0.3 is 0 Å². The second kappa shape index (κ2) is 5.71. The number of hydrogen-bond acceptors (Lipinski definition) is 4. The summed E-state index contributed by atoms with van der Waals surface area (Å²) in [5.41, 5.74) is 5.82. The smallest absolute Gasteiger partial charge is 0.207 e. The molecule has 2 aromatic rings. The zero-order chi connectivity index (χ0) is 14.6. The Labute approximate surface area is 117 Å². The molecule has 0 heterocycles. The highest BCUT2D eigenvalue weighted by molar-refractivity contribution is 7.91. The summed E-state index contributed by atoms with van der Waals surface area (Å²) in [4.78, 5) is 11.2. The van der Waals surface area contributed by atoms with E-state index < -0.39 is 9.84 Å². The fraction of sp³-hybridized carbons (Fsp3) is 0. The van der Waals surface area contributed by atoms with Crippen LogP contribution in [0.25, 0.3) is 5.57 Å². The van der Waals surface area contributed by atoms with E-state index in [4.69, 9.17) is 5.73 Å². The summed E-state index contributed by atoms with van der Waals surface area (Å²) < 4.78 is 25.2. The van der Waals surface area contributed by atoms with Gasteiger partial charge in [-0.05, 0) is 18.2 Å². The number of hydrogen-bond donors (Lipinski definition) is 1. The molecule has 0 spiro atoms. The van der Waals surface area contributed by atoms with Crippen molar-refractivity contribution in [3.8, 4) is 0 Å². The van der Waals surface area contributed by atoms with Crippen molar-refractivity contribution in [3.63, 3.8) is 0 Å². The minimum Gasteiger partial charge on any atom is -0.404 e. The topological polar surface area (TPSA) is 77.2 Å². The maximum Gasteiger partial charge on any atom is 0.207 e. The molecule has 0 amide bonds.